The fourth-order valence-corrected chi connectivity index (χ4v) is 5.01. The molecule has 0 saturated heterocycles. The molecule has 9 heteroatoms. The molecule has 0 radical (unpaired) electrons. The number of hydrogen-bond acceptors (Lipinski definition) is 4. The molecule has 122 valence electrons. The van der Waals surface area contributed by atoms with Crippen LogP contribution in [0.2, 0.25) is 0 Å². The summed E-state index contributed by atoms with van der Waals surface area (Å²) in [6.45, 7) is 1.63. The highest BCUT2D eigenvalue weighted by Crippen LogP contribution is 2.66. The monoisotopic (exact) mass is 335 g/mol. The van der Waals surface area contributed by atoms with E-state index in [4.69, 9.17) is 4.42 Å². The van der Waals surface area contributed by atoms with E-state index >= 15 is 0 Å². The second-order valence-electron chi connectivity index (χ2n) is 6.50. The number of halogens is 2. The Balaban J connectivity index is 1.79. The van der Waals surface area contributed by atoms with Crippen LogP contribution in [0.1, 0.15) is 31.2 Å². The van der Waals surface area contributed by atoms with Gasteiger partial charge < -0.3 is 9.52 Å². The molecular formula is C13H15F2NO5S. The molecule has 1 heterocycles. The summed E-state index contributed by atoms with van der Waals surface area (Å²) in [6, 6.07) is 1.27. The average molecular weight is 335 g/mol. The second kappa shape index (κ2) is 4.29. The lowest BCUT2D eigenvalue weighted by Gasteiger charge is -2.60. The smallest absolute Gasteiger partial charge is 0.324 e. The molecule has 3 rings (SSSR count). The first-order chi connectivity index (χ1) is 9.98. The van der Waals surface area contributed by atoms with Gasteiger partial charge in [-0.25, -0.2) is 17.2 Å². The SMILES string of the molecule is Cc1coc(S(=O)(=O)NC2(C(=O)O)CC3(CC(F)(F)C3)C2)c1. The minimum atomic E-state index is -4.15. The molecule has 0 atom stereocenters. The fourth-order valence-electron chi connectivity index (χ4n) is 3.64. The Bertz CT molecular complexity index is 723. The predicted octanol–water partition coefficient (Wildman–Crippen LogP) is 1.90. The summed E-state index contributed by atoms with van der Waals surface area (Å²) in [7, 11) is -4.15. The van der Waals surface area contributed by atoms with Gasteiger partial charge in [0.1, 0.15) is 5.54 Å². The van der Waals surface area contributed by atoms with Gasteiger partial charge in [-0.2, -0.15) is 4.72 Å². The molecule has 1 spiro atoms. The van der Waals surface area contributed by atoms with Crippen LogP contribution in [0.15, 0.2) is 21.8 Å². The summed E-state index contributed by atoms with van der Waals surface area (Å²) in [4.78, 5) is 11.5. The van der Waals surface area contributed by atoms with Crippen LogP contribution >= 0.6 is 0 Å². The van der Waals surface area contributed by atoms with Crippen LogP contribution in [-0.4, -0.2) is 31.0 Å². The zero-order chi connectivity index (χ0) is 16.4. The number of carbonyl (C=O) groups is 1. The van der Waals surface area contributed by atoms with Crippen molar-refractivity contribution in [2.45, 2.75) is 49.2 Å². The summed E-state index contributed by atoms with van der Waals surface area (Å²) in [6.07, 6.45) is 0.178. The number of nitrogens with one attached hydrogen (secondary N) is 1. The Morgan fingerprint density at radius 2 is 1.91 bits per heavy atom. The maximum atomic E-state index is 13.0. The molecule has 1 aromatic heterocycles. The largest absolute Gasteiger partial charge is 0.480 e. The van der Waals surface area contributed by atoms with Crippen molar-refractivity contribution in [3.05, 3.63) is 17.9 Å². The molecule has 2 aliphatic rings. The van der Waals surface area contributed by atoms with Crippen molar-refractivity contribution in [3.8, 4) is 0 Å². The van der Waals surface area contributed by atoms with Crippen molar-refractivity contribution < 1.29 is 31.5 Å². The molecule has 0 aliphatic heterocycles. The highest BCUT2D eigenvalue weighted by molar-refractivity contribution is 7.89. The van der Waals surface area contributed by atoms with Gasteiger partial charge in [0, 0.05) is 18.9 Å². The van der Waals surface area contributed by atoms with Crippen molar-refractivity contribution in [2.75, 3.05) is 0 Å². The number of carboxylic acid groups (broad SMARTS) is 1. The lowest BCUT2D eigenvalue weighted by Crippen LogP contribution is -2.70. The molecule has 2 saturated carbocycles. The number of rotatable bonds is 4. The zero-order valence-electron chi connectivity index (χ0n) is 11.7. The molecular weight excluding hydrogens is 320 g/mol. The van der Waals surface area contributed by atoms with E-state index in [2.05, 4.69) is 4.72 Å². The van der Waals surface area contributed by atoms with Crippen LogP contribution in [0.4, 0.5) is 8.78 Å². The Hall–Kier alpha value is -1.48. The van der Waals surface area contributed by atoms with Gasteiger partial charge in [0.2, 0.25) is 11.0 Å². The van der Waals surface area contributed by atoms with E-state index in [1.807, 2.05) is 0 Å². The topological polar surface area (TPSA) is 96.6 Å². The number of sulfonamides is 1. The van der Waals surface area contributed by atoms with Gasteiger partial charge in [-0.15, -0.1) is 0 Å². The van der Waals surface area contributed by atoms with Crippen LogP contribution in [-0.2, 0) is 14.8 Å². The van der Waals surface area contributed by atoms with Crippen molar-refractivity contribution in [3.63, 3.8) is 0 Å². The first-order valence-corrected chi connectivity index (χ1v) is 8.16. The van der Waals surface area contributed by atoms with Crippen LogP contribution in [0, 0.1) is 12.3 Å². The van der Waals surface area contributed by atoms with E-state index in [9.17, 15) is 27.1 Å². The summed E-state index contributed by atoms with van der Waals surface area (Å²) in [5.74, 6) is -4.14. The third kappa shape index (κ3) is 2.32. The number of alkyl halides is 2. The molecule has 0 amide bonds. The molecule has 1 aromatic rings. The fraction of sp³-hybridized carbons (Fsp3) is 0.615. The molecule has 2 N–H and O–H groups in total. The Labute approximate surface area is 125 Å². The zero-order valence-corrected chi connectivity index (χ0v) is 12.5. The Morgan fingerprint density at radius 1 is 1.32 bits per heavy atom. The number of carboxylic acids is 1. The molecule has 22 heavy (non-hydrogen) atoms. The van der Waals surface area contributed by atoms with Crippen LogP contribution in [0.25, 0.3) is 0 Å². The van der Waals surface area contributed by atoms with Gasteiger partial charge in [-0.1, -0.05) is 0 Å². The normalized spacial score (nSPS) is 24.5. The Kier molecular flexibility index (Phi) is 3.00. The van der Waals surface area contributed by atoms with E-state index in [0.29, 0.717) is 5.56 Å². The van der Waals surface area contributed by atoms with Gasteiger partial charge in [0.05, 0.1) is 6.26 Å². The minimum absolute atomic E-state index is 0.135. The van der Waals surface area contributed by atoms with E-state index < -0.39 is 45.7 Å². The summed E-state index contributed by atoms with van der Waals surface area (Å²) in [5, 5.41) is 8.95. The third-order valence-corrected chi connectivity index (χ3v) is 5.73. The molecule has 0 unspecified atom stereocenters. The standard InChI is InChI=1S/C13H15F2NO5S/c1-8-2-9(21-3-8)22(19,20)16-12(10(17)18)4-11(5-12)6-13(14,15)7-11/h2-3,16H,4-7H2,1H3,(H,17,18). The molecule has 0 bridgehead atoms. The van der Waals surface area contributed by atoms with Crippen molar-refractivity contribution in [2.24, 2.45) is 5.41 Å². The van der Waals surface area contributed by atoms with Crippen LogP contribution < -0.4 is 4.72 Å². The highest BCUT2D eigenvalue weighted by Gasteiger charge is 2.70. The third-order valence-electron chi connectivity index (χ3n) is 4.33. The van der Waals surface area contributed by atoms with Crippen molar-refractivity contribution in [1.82, 2.24) is 4.72 Å². The average Bonchev–Trinajstić information content (AvgIpc) is 2.70. The van der Waals surface area contributed by atoms with E-state index in [0.717, 1.165) is 0 Å². The van der Waals surface area contributed by atoms with E-state index in [1.165, 1.54) is 12.3 Å². The lowest BCUT2D eigenvalue weighted by molar-refractivity contribution is -0.219. The van der Waals surface area contributed by atoms with Gasteiger partial charge in [-0.05, 0) is 30.7 Å². The maximum Gasteiger partial charge on any atom is 0.324 e. The molecule has 2 aliphatic carbocycles. The molecule has 2 fully saturated rings. The first kappa shape index (κ1) is 15.4. The van der Waals surface area contributed by atoms with Gasteiger partial charge in [0.15, 0.2) is 0 Å². The van der Waals surface area contributed by atoms with Crippen LogP contribution in [0.5, 0.6) is 0 Å². The van der Waals surface area contributed by atoms with Gasteiger partial charge in [-0.3, -0.25) is 4.79 Å². The predicted molar refractivity (Wildman–Crippen MR) is 70.0 cm³/mol. The highest BCUT2D eigenvalue weighted by atomic mass is 32.2. The number of aryl methyl sites for hydroxylation is 1. The lowest BCUT2D eigenvalue weighted by atomic mass is 9.47. The number of furan rings is 1. The summed E-state index contributed by atoms with van der Waals surface area (Å²) >= 11 is 0. The quantitative estimate of drug-likeness (QED) is 0.876. The molecule has 6 nitrogen and oxygen atoms in total. The summed E-state index contributed by atoms with van der Waals surface area (Å²) in [5.41, 5.74) is -1.94. The van der Waals surface area contributed by atoms with E-state index in [-0.39, 0.29) is 17.9 Å². The van der Waals surface area contributed by atoms with Gasteiger partial charge >= 0.3 is 5.97 Å². The van der Waals surface area contributed by atoms with E-state index in [1.54, 1.807) is 6.92 Å². The second-order valence-corrected chi connectivity index (χ2v) is 8.11. The van der Waals surface area contributed by atoms with Crippen LogP contribution in [0.3, 0.4) is 0 Å². The van der Waals surface area contributed by atoms with Crippen molar-refractivity contribution in [1.29, 1.82) is 0 Å². The maximum absolute atomic E-state index is 13.0. The number of hydrogen-bond donors (Lipinski definition) is 2. The van der Waals surface area contributed by atoms with Gasteiger partial charge in [0.25, 0.3) is 10.0 Å². The summed E-state index contributed by atoms with van der Waals surface area (Å²) < 4.78 is 57.4. The molecule has 0 aromatic carbocycles. The first-order valence-electron chi connectivity index (χ1n) is 6.68. The minimum Gasteiger partial charge on any atom is -0.480 e. The van der Waals surface area contributed by atoms with Crippen molar-refractivity contribution >= 4 is 16.0 Å². The number of aliphatic carboxylic acids is 1. The Morgan fingerprint density at radius 3 is 2.32 bits per heavy atom.